The molecule has 2 amide bonds. The maximum atomic E-state index is 13.2. The number of benzene rings is 2. The Hall–Kier alpha value is -2.62. The van der Waals surface area contributed by atoms with Crippen molar-refractivity contribution >= 4 is 11.8 Å². The minimum atomic E-state index is -0.604. The molecule has 0 bridgehead atoms. The predicted molar refractivity (Wildman–Crippen MR) is 97.6 cm³/mol. The van der Waals surface area contributed by atoms with Crippen LogP contribution in [0.5, 0.6) is 0 Å². The van der Waals surface area contributed by atoms with Crippen molar-refractivity contribution in [2.24, 2.45) is 5.41 Å². The Bertz CT molecular complexity index is 750. The summed E-state index contributed by atoms with van der Waals surface area (Å²) in [5.41, 5.74) is 1.50. The number of rotatable bonds is 3. The molecule has 0 aliphatic carbocycles. The van der Waals surface area contributed by atoms with Crippen LogP contribution in [0.4, 0.5) is 0 Å². The van der Waals surface area contributed by atoms with E-state index in [-0.39, 0.29) is 17.2 Å². The summed E-state index contributed by atoms with van der Waals surface area (Å²) in [6, 6.07) is 18.2. The summed E-state index contributed by atoms with van der Waals surface area (Å²) in [7, 11) is 0. The Morgan fingerprint density at radius 2 is 1.48 bits per heavy atom. The zero-order valence-electron chi connectivity index (χ0n) is 14.9. The highest BCUT2D eigenvalue weighted by atomic mass is 16.2. The molecule has 1 aliphatic heterocycles. The van der Waals surface area contributed by atoms with Crippen molar-refractivity contribution < 1.29 is 9.59 Å². The Balaban J connectivity index is 2.00. The molecule has 0 spiro atoms. The first-order valence-electron chi connectivity index (χ1n) is 8.57. The Labute approximate surface area is 148 Å². The first-order chi connectivity index (χ1) is 11.9. The van der Waals surface area contributed by atoms with Gasteiger partial charge in [0.1, 0.15) is 12.1 Å². The molecule has 1 aliphatic rings. The molecule has 0 aromatic heterocycles. The van der Waals surface area contributed by atoms with Crippen molar-refractivity contribution in [3.63, 3.8) is 0 Å². The summed E-state index contributed by atoms with van der Waals surface area (Å²) in [5, 5.41) is 2.94. The lowest BCUT2D eigenvalue weighted by molar-refractivity contribution is -0.153. The van der Waals surface area contributed by atoms with Gasteiger partial charge in [0.15, 0.2) is 0 Å². The Morgan fingerprint density at radius 1 is 0.920 bits per heavy atom. The van der Waals surface area contributed by atoms with E-state index in [9.17, 15) is 9.59 Å². The summed E-state index contributed by atoms with van der Waals surface area (Å²) in [5.74, 6) is -0.161. The molecule has 2 unspecified atom stereocenters. The molecule has 25 heavy (non-hydrogen) atoms. The fourth-order valence-corrected chi connectivity index (χ4v) is 3.22. The number of hydrogen-bond donors (Lipinski definition) is 1. The number of carbonyl (C=O) groups excluding carboxylic acids is 2. The zero-order chi connectivity index (χ0) is 18.0. The van der Waals surface area contributed by atoms with Crippen LogP contribution in [0.2, 0.25) is 0 Å². The lowest BCUT2D eigenvalue weighted by atomic mass is 9.83. The second-order valence-corrected chi connectivity index (χ2v) is 7.57. The van der Waals surface area contributed by atoms with Gasteiger partial charge in [0.2, 0.25) is 11.8 Å². The van der Waals surface area contributed by atoms with Crippen LogP contribution < -0.4 is 5.32 Å². The zero-order valence-corrected chi connectivity index (χ0v) is 14.9. The maximum absolute atomic E-state index is 13.2. The fourth-order valence-electron chi connectivity index (χ4n) is 3.22. The van der Waals surface area contributed by atoms with Crippen LogP contribution in [0.25, 0.3) is 0 Å². The predicted octanol–water partition coefficient (Wildman–Crippen LogP) is 3.30. The van der Waals surface area contributed by atoms with E-state index >= 15 is 0 Å². The van der Waals surface area contributed by atoms with Crippen molar-refractivity contribution in [2.75, 3.05) is 0 Å². The van der Waals surface area contributed by atoms with Gasteiger partial charge in [-0.2, -0.15) is 0 Å². The van der Waals surface area contributed by atoms with E-state index in [0.717, 1.165) is 11.1 Å². The number of piperazine rings is 1. The highest BCUT2D eigenvalue weighted by Crippen LogP contribution is 2.32. The second-order valence-electron chi connectivity index (χ2n) is 7.57. The molecule has 1 heterocycles. The molecular formula is C21H24N2O2. The molecule has 2 atom stereocenters. The van der Waals surface area contributed by atoms with Gasteiger partial charge < -0.3 is 10.2 Å². The molecule has 4 nitrogen and oxygen atoms in total. The van der Waals surface area contributed by atoms with E-state index in [0.29, 0.717) is 6.54 Å². The van der Waals surface area contributed by atoms with E-state index < -0.39 is 12.1 Å². The van der Waals surface area contributed by atoms with E-state index in [1.807, 2.05) is 81.4 Å². The van der Waals surface area contributed by atoms with Crippen LogP contribution in [0.15, 0.2) is 60.7 Å². The largest absolute Gasteiger partial charge is 0.342 e. The van der Waals surface area contributed by atoms with Crippen molar-refractivity contribution in [1.29, 1.82) is 0 Å². The van der Waals surface area contributed by atoms with E-state index in [1.165, 1.54) is 0 Å². The average molecular weight is 336 g/mol. The van der Waals surface area contributed by atoms with Gasteiger partial charge in [-0.25, -0.2) is 0 Å². The topological polar surface area (TPSA) is 49.4 Å². The lowest BCUT2D eigenvalue weighted by Crippen LogP contribution is -2.62. The lowest BCUT2D eigenvalue weighted by Gasteiger charge is -2.43. The normalized spacial score (nSPS) is 21.2. The minimum absolute atomic E-state index is 0.0372. The fraction of sp³-hybridized carbons (Fsp3) is 0.333. The first kappa shape index (κ1) is 17.2. The molecule has 2 aromatic carbocycles. The van der Waals surface area contributed by atoms with E-state index in [1.54, 1.807) is 4.90 Å². The monoisotopic (exact) mass is 336 g/mol. The molecule has 0 radical (unpaired) electrons. The van der Waals surface area contributed by atoms with Crippen molar-refractivity contribution in [3.05, 3.63) is 71.8 Å². The molecule has 130 valence electrons. The van der Waals surface area contributed by atoms with Gasteiger partial charge in [0.25, 0.3) is 0 Å². The summed E-state index contributed by atoms with van der Waals surface area (Å²) >= 11 is 0. The van der Waals surface area contributed by atoms with Crippen LogP contribution in [0, 0.1) is 5.41 Å². The molecule has 1 fully saturated rings. The van der Waals surface area contributed by atoms with Gasteiger partial charge in [0.05, 0.1) is 0 Å². The smallest absolute Gasteiger partial charge is 0.248 e. The van der Waals surface area contributed by atoms with E-state index in [2.05, 4.69) is 5.32 Å². The SMILES string of the molecule is CC(C)(C)C1NC(=O)C(c2ccccc2)N(Cc2ccccc2)C1=O. The third-order valence-electron chi connectivity index (χ3n) is 4.55. The minimum Gasteiger partial charge on any atom is -0.342 e. The van der Waals surface area contributed by atoms with Crippen LogP contribution in [-0.4, -0.2) is 22.8 Å². The quantitative estimate of drug-likeness (QED) is 0.935. The van der Waals surface area contributed by atoms with Crippen LogP contribution in [0.1, 0.15) is 37.9 Å². The Morgan fingerprint density at radius 3 is 2.04 bits per heavy atom. The Kier molecular flexibility index (Phi) is 4.62. The molecule has 4 heteroatoms. The van der Waals surface area contributed by atoms with Crippen LogP contribution >= 0.6 is 0 Å². The van der Waals surface area contributed by atoms with Gasteiger partial charge >= 0.3 is 0 Å². The molecule has 0 saturated carbocycles. The summed E-state index contributed by atoms with van der Waals surface area (Å²) in [6.07, 6.45) is 0. The average Bonchev–Trinajstić information content (AvgIpc) is 2.59. The highest BCUT2D eigenvalue weighted by Gasteiger charge is 2.45. The summed E-state index contributed by atoms with van der Waals surface area (Å²) in [6.45, 7) is 6.33. The van der Waals surface area contributed by atoms with Crippen molar-refractivity contribution in [1.82, 2.24) is 10.2 Å². The summed E-state index contributed by atoms with van der Waals surface area (Å²) in [4.78, 5) is 27.8. The van der Waals surface area contributed by atoms with Crippen LogP contribution in [0.3, 0.4) is 0 Å². The molecule has 2 aromatic rings. The third-order valence-corrected chi connectivity index (χ3v) is 4.55. The third kappa shape index (κ3) is 3.58. The number of nitrogens with zero attached hydrogens (tertiary/aromatic N) is 1. The number of hydrogen-bond acceptors (Lipinski definition) is 2. The highest BCUT2D eigenvalue weighted by molar-refractivity contribution is 5.98. The van der Waals surface area contributed by atoms with Crippen LogP contribution in [-0.2, 0) is 16.1 Å². The van der Waals surface area contributed by atoms with Crippen molar-refractivity contribution in [2.45, 2.75) is 39.4 Å². The maximum Gasteiger partial charge on any atom is 0.248 e. The summed E-state index contributed by atoms with van der Waals surface area (Å²) < 4.78 is 0. The van der Waals surface area contributed by atoms with Gasteiger partial charge in [-0.3, -0.25) is 9.59 Å². The first-order valence-corrected chi connectivity index (χ1v) is 8.57. The van der Waals surface area contributed by atoms with E-state index in [4.69, 9.17) is 0 Å². The van der Waals surface area contributed by atoms with Gasteiger partial charge in [-0.15, -0.1) is 0 Å². The second kappa shape index (κ2) is 6.71. The van der Waals surface area contributed by atoms with Gasteiger partial charge in [-0.05, 0) is 16.5 Å². The molecule has 1 N–H and O–H groups in total. The molecular weight excluding hydrogens is 312 g/mol. The standard InChI is InChI=1S/C21H24N2O2/c1-21(2,3)18-20(25)23(14-15-10-6-4-7-11-15)17(19(24)22-18)16-12-8-5-9-13-16/h4-13,17-18H,14H2,1-3H3,(H,22,24). The van der Waals surface area contributed by atoms with Gasteiger partial charge in [0, 0.05) is 6.54 Å². The number of amides is 2. The molecule has 3 rings (SSSR count). The number of nitrogens with one attached hydrogen (secondary N) is 1. The molecule has 1 saturated heterocycles. The van der Waals surface area contributed by atoms with Gasteiger partial charge in [-0.1, -0.05) is 81.4 Å². The van der Waals surface area contributed by atoms with Crippen molar-refractivity contribution in [3.8, 4) is 0 Å². The number of carbonyl (C=O) groups is 2.